The van der Waals surface area contributed by atoms with Crippen molar-refractivity contribution >= 4 is 5.91 Å². The third-order valence-electron chi connectivity index (χ3n) is 4.22. The number of piperazine rings is 1. The van der Waals surface area contributed by atoms with Gasteiger partial charge in [-0.3, -0.25) is 14.6 Å². The molecular weight excluding hydrogens is 242 g/mol. The lowest BCUT2D eigenvalue weighted by Gasteiger charge is -2.35. The summed E-state index contributed by atoms with van der Waals surface area (Å²) in [6.07, 6.45) is 2.93. The highest BCUT2D eigenvalue weighted by Crippen LogP contribution is 2.09. The standard InChI is InChI=1S/C14H27N3O2/c1-2-13(18)11-15-7-9-16(10-8-15)12-14(19)17-5-3-4-6-17/h13,18H,2-12H2,1H3. The van der Waals surface area contributed by atoms with Crippen molar-refractivity contribution < 1.29 is 9.90 Å². The Labute approximate surface area is 116 Å². The fraction of sp³-hybridized carbons (Fsp3) is 0.929. The van der Waals surface area contributed by atoms with Gasteiger partial charge in [-0.05, 0) is 19.3 Å². The minimum absolute atomic E-state index is 0.210. The van der Waals surface area contributed by atoms with E-state index in [-0.39, 0.29) is 6.10 Å². The number of aliphatic hydroxyl groups is 1. The highest BCUT2D eigenvalue weighted by Gasteiger charge is 2.23. The number of likely N-dealkylation sites (tertiary alicyclic amines) is 1. The van der Waals surface area contributed by atoms with Crippen molar-refractivity contribution in [1.82, 2.24) is 14.7 Å². The Morgan fingerprint density at radius 3 is 2.21 bits per heavy atom. The smallest absolute Gasteiger partial charge is 0.236 e. The lowest BCUT2D eigenvalue weighted by atomic mass is 10.2. The minimum Gasteiger partial charge on any atom is -0.392 e. The molecule has 0 aromatic carbocycles. The van der Waals surface area contributed by atoms with Gasteiger partial charge in [-0.15, -0.1) is 0 Å². The maximum absolute atomic E-state index is 12.0. The summed E-state index contributed by atoms with van der Waals surface area (Å²) in [6, 6.07) is 0. The Morgan fingerprint density at radius 1 is 1.05 bits per heavy atom. The first kappa shape index (κ1) is 14.8. The van der Waals surface area contributed by atoms with Crippen LogP contribution in [0.15, 0.2) is 0 Å². The van der Waals surface area contributed by atoms with E-state index in [0.29, 0.717) is 12.5 Å². The zero-order valence-corrected chi connectivity index (χ0v) is 12.1. The molecule has 0 spiro atoms. The van der Waals surface area contributed by atoms with Crippen molar-refractivity contribution in [2.75, 3.05) is 52.4 Å². The van der Waals surface area contributed by atoms with Crippen molar-refractivity contribution in [3.8, 4) is 0 Å². The Balaban J connectivity index is 1.66. The van der Waals surface area contributed by atoms with Crippen LogP contribution in [0.4, 0.5) is 0 Å². The zero-order valence-electron chi connectivity index (χ0n) is 12.1. The number of hydrogen-bond acceptors (Lipinski definition) is 4. The number of β-amino-alcohol motifs (C(OH)–C–C–N with tert-alkyl or cyclic N) is 1. The topological polar surface area (TPSA) is 47.0 Å². The van der Waals surface area contributed by atoms with E-state index in [4.69, 9.17) is 0 Å². The molecule has 2 rings (SSSR count). The SMILES string of the molecule is CCC(O)CN1CCN(CC(=O)N2CCCC2)CC1. The average molecular weight is 269 g/mol. The molecule has 1 N–H and O–H groups in total. The molecule has 2 heterocycles. The van der Waals surface area contributed by atoms with E-state index in [0.717, 1.165) is 65.1 Å². The van der Waals surface area contributed by atoms with Crippen molar-refractivity contribution in [3.63, 3.8) is 0 Å². The molecule has 5 heteroatoms. The number of aliphatic hydroxyl groups excluding tert-OH is 1. The van der Waals surface area contributed by atoms with E-state index < -0.39 is 0 Å². The van der Waals surface area contributed by atoms with E-state index in [9.17, 15) is 9.90 Å². The van der Waals surface area contributed by atoms with Gasteiger partial charge in [-0.1, -0.05) is 6.92 Å². The van der Waals surface area contributed by atoms with Crippen molar-refractivity contribution in [2.45, 2.75) is 32.3 Å². The first-order valence-corrected chi connectivity index (χ1v) is 7.59. The van der Waals surface area contributed by atoms with Crippen LogP contribution < -0.4 is 0 Å². The van der Waals surface area contributed by atoms with Gasteiger partial charge in [0.15, 0.2) is 0 Å². The summed E-state index contributed by atoms with van der Waals surface area (Å²) in [6.45, 7) is 9.05. The molecule has 1 unspecified atom stereocenters. The number of carbonyl (C=O) groups excluding carboxylic acids is 1. The predicted molar refractivity (Wildman–Crippen MR) is 75.0 cm³/mol. The molecule has 19 heavy (non-hydrogen) atoms. The van der Waals surface area contributed by atoms with Crippen LogP contribution in [-0.2, 0) is 4.79 Å². The molecule has 1 atom stereocenters. The summed E-state index contributed by atoms with van der Waals surface area (Å²) in [5, 5.41) is 9.65. The summed E-state index contributed by atoms with van der Waals surface area (Å²) in [4.78, 5) is 18.6. The van der Waals surface area contributed by atoms with E-state index in [1.54, 1.807) is 0 Å². The molecule has 110 valence electrons. The molecule has 0 aromatic heterocycles. The molecule has 0 bridgehead atoms. The van der Waals surface area contributed by atoms with Crippen LogP contribution in [-0.4, -0.2) is 84.2 Å². The Kier molecular flexibility index (Phi) is 5.60. The van der Waals surface area contributed by atoms with E-state index >= 15 is 0 Å². The third-order valence-corrected chi connectivity index (χ3v) is 4.22. The Morgan fingerprint density at radius 2 is 1.63 bits per heavy atom. The number of rotatable bonds is 5. The molecule has 2 fully saturated rings. The normalized spacial score (nSPS) is 23.8. The maximum Gasteiger partial charge on any atom is 0.236 e. The number of amides is 1. The highest BCUT2D eigenvalue weighted by atomic mass is 16.3. The first-order chi connectivity index (χ1) is 9.19. The van der Waals surface area contributed by atoms with Crippen molar-refractivity contribution in [1.29, 1.82) is 0 Å². The summed E-state index contributed by atoms with van der Waals surface area (Å²) < 4.78 is 0. The van der Waals surface area contributed by atoms with Crippen molar-refractivity contribution in [3.05, 3.63) is 0 Å². The lowest BCUT2D eigenvalue weighted by Crippen LogP contribution is -2.51. The fourth-order valence-corrected chi connectivity index (χ4v) is 2.81. The van der Waals surface area contributed by atoms with Crippen molar-refractivity contribution in [2.24, 2.45) is 0 Å². The Hall–Kier alpha value is -0.650. The summed E-state index contributed by atoms with van der Waals surface area (Å²) in [7, 11) is 0. The molecule has 0 aromatic rings. The average Bonchev–Trinajstić information content (AvgIpc) is 2.95. The molecule has 0 radical (unpaired) electrons. The first-order valence-electron chi connectivity index (χ1n) is 7.59. The van der Waals surface area contributed by atoms with Crippen LogP contribution in [0.5, 0.6) is 0 Å². The molecule has 2 aliphatic heterocycles. The summed E-state index contributed by atoms with van der Waals surface area (Å²) in [5.41, 5.74) is 0. The van der Waals surface area contributed by atoms with Crippen LogP contribution in [0.2, 0.25) is 0 Å². The molecule has 5 nitrogen and oxygen atoms in total. The second-order valence-corrected chi connectivity index (χ2v) is 5.73. The fourth-order valence-electron chi connectivity index (χ4n) is 2.81. The Bertz CT molecular complexity index is 284. The second-order valence-electron chi connectivity index (χ2n) is 5.73. The minimum atomic E-state index is -0.210. The maximum atomic E-state index is 12.0. The van der Waals surface area contributed by atoms with Gasteiger partial charge in [0.25, 0.3) is 0 Å². The molecule has 1 amide bonds. The number of hydrogen-bond donors (Lipinski definition) is 1. The van der Waals surface area contributed by atoms with Gasteiger partial charge in [0, 0.05) is 45.8 Å². The van der Waals surface area contributed by atoms with E-state index in [1.807, 2.05) is 11.8 Å². The van der Waals surface area contributed by atoms with Crippen LogP contribution in [0.3, 0.4) is 0 Å². The van der Waals surface area contributed by atoms with Crippen LogP contribution in [0.1, 0.15) is 26.2 Å². The lowest BCUT2D eigenvalue weighted by molar-refractivity contribution is -0.131. The number of carbonyl (C=O) groups is 1. The summed E-state index contributed by atoms with van der Waals surface area (Å²) in [5.74, 6) is 0.291. The monoisotopic (exact) mass is 269 g/mol. The van der Waals surface area contributed by atoms with Crippen LogP contribution >= 0.6 is 0 Å². The van der Waals surface area contributed by atoms with Gasteiger partial charge in [0.1, 0.15) is 0 Å². The highest BCUT2D eigenvalue weighted by molar-refractivity contribution is 5.78. The van der Waals surface area contributed by atoms with Gasteiger partial charge in [-0.2, -0.15) is 0 Å². The van der Waals surface area contributed by atoms with Crippen LogP contribution in [0, 0.1) is 0 Å². The molecule has 2 aliphatic rings. The second kappa shape index (κ2) is 7.22. The van der Waals surface area contributed by atoms with Gasteiger partial charge in [0.2, 0.25) is 5.91 Å². The largest absolute Gasteiger partial charge is 0.392 e. The molecule has 0 saturated carbocycles. The predicted octanol–water partition coefficient (Wildman–Crippen LogP) is -0.00270. The number of nitrogens with zero attached hydrogens (tertiary/aromatic N) is 3. The van der Waals surface area contributed by atoms with Gasteiger partial charge < -0.3 is 10.0 Å². The van der Waals surface area contributed by atoms with Gasteiger partial charge >= 0.3 is 0 Å². The molecular formula is C14H27N3O2. The van der Waals surface area contributed by atoms with Gasteiger partial charge in [0.05, 0.1) is 12.6 Å². The zero-order chi connectivity index (χ0) is 13.7. The van der Waals surface area contributed by atoms with E-state index in [2.05, 4.69) is 9.80 Å². The summed E-state index contributed by atoms with van der Waals surface area (Å²) >= 11 is 0. The molecule has 0 aliphatic carbocycles. The van der Waals surface area contributed by atoms with E-state index in [1.165, 1.54) is 0 Å². The van der Waals surface area contributed by atoms with Crippen LogP contribution in [0.25, 0.3) is 0 Å². The molecule has 2 saturated heterocycles. The third kappa shape index (κ3) is 4.44. The van der Waals surface area contributed by atoms with Gasteiger partial charge in [-0.25, -0.2) is 0 Å². The quantitative estimate of drug-likeness (QED) is 0.763.